The Bertz CT molecular complexity index is 419. The normalized spacial score (nSPS) is 20.8. The molecule has 6 nitrogen and oxygen atoms in total. The van der Waals surface area contributed by atoms with E-state index in [2.05, 4.69) is 15.0 Å². The lowest BCUT2D eigenvalue weighted by molar-refractivity contribution is -0.132. The molecule has 1 saturated heterocycles. The average molecular weight is 236 g/mol. The van der Waals surface area contributed by atoms with Gasteiger partial charge in [0.2, 0.25) is 11.8 Å². The number of hydrogen-bond donors (Lipinski definition) is 0. The van der Waals surface area contributed by atoms with Crippen LogP contribution in [0.5, 0.6) is 0 Å². The molecule has 0 spiro atoms. The Labute approximate surface area is 99.6 Å². The fourth-order valence-electron chi connectivity index (χ4n) is 2.13. The van der Waals surface area contributed by atoms with Crippen LogP contribution in [0.1, 0.15) is 18.7 Å². The number of piperazine rings is 1. The molecule has 1 aliphatic carbocycles. The van der Waals surface area contributed by atoms with E-state index in [4.69, 9.17) is 4.52 Å². The maximum Gasteiger partial charge on any atom is 0.266 e. The number of amides is 1. The zero-order valence-electron chi connectivity index (χ0n) is 9.93. The maximum atomic E-state index is 11.9. The quantitative estimate of drug-likeness (QED) is 0.745. The molecule has 0 radical (unpaired) electrons. The molecule has 17 heavy (non-hydrogen) atoms. The Kier molecular flexibility index (Phi) is 2.49. The van der Waals surface area contributed by atoms with Crippen LogP contribution in [-0.4, -0.2) is 47.1 Å². The van der Waals surface area contributed by atoms with Crippen molar-refractivity contribution >= 4 is 11.9 Å². The monoisotopic (exact) mass is 236 g/mol. The third-order valence-corrected chi connectivity index (χ3v) is 3.32. The highest BCUT2D eigenvalue weighted by atomic mass is 16.5. The molecule has 0 bridgehead atoms. The zero-order chi connectivity index (χ0) is 11.8. The van der Waals surface area contributed by atoms with Crippen LogP contribution in [-0.2, 0) is 4.79 Å². The number of hydrogen-bond acceptors (Lipinski definition) is 5. The minimum absolute atomic E-state index is 0.314. The maximum absolute atomic E-state index is 11.9. The van der Waals surface area contributed by atoms with Crippen molar-refractivity contribution in [3.63, 3.8) is 0 Å². The van der Waals surface area contributed by atoms with Crippen LogP contribution < -0.4 is 4.90 Å². The molecule has 1 amide bonds. The summed E-state index contributed by atoms with van der Waals surface area (Å²) in [4.78, 5) is 20.1. The lowest BCUT2D eigenvalue weighted by atomic mass is 10.3. The smallest absolute Gasteiger partial charge is 0.266 e. The molecular weight excluding hydrogens is 220 g/mol. The van der Waals surface area contributed by atoms with E-state index in [0.29, 0.717) is 23.7 Å². The van der Waals surface area contributed by atoms with Crippen molar-refractivity contribution in [3.8, 4) is 0 Å². The fourth-order valence-corrected chi connectivity index (χ4v) is 2.13. The van der Waals surface area contributed by atoms with E-state index in [0.717, 1.165) is 39.0 Å². The Morgan fingerprint density at radius 1 is 1.29 bits per heavy atom. The fraction of sp³-hybridized carbons (Fsp3) is 0.727. The van der Waals surface area contributed by atoms with Crippen molar-refractivity contribution in [3.05, 3.63) is 5.89 Å². The summed E-state index contributed by atoms with van der Waals surface area (Å²) < 4.78 is 4.96. The third-order valence-electron chi connectivity index (χ3n) is 3.32. The summed E-state index contributed by atoms with van der Waals surface area (Å²) in [5, 5.41) is 3.89. The van der Waals surface area contributed by atoms with Crippen molar-refractivity contribution in [2.45, 2.75) is 19.8 Å². The Hall–Kier alpha value is -1.59. The van der Waals surface area contributed by atoms with Gasteiger partial charge < -0.3 is 14.3 Å². The standard InChI is InChI=1S/C11H16N4O2/c1-8-12-11(13-17-8)15-6-4-14(5-7-15)10(16)9-2-3-9/h9H,2-7H2,1H3. The van der Waals surface area contributed by atoms with Gasteiger partial charge in [0.1, 0.15) is 0 Å². The molecule has 0 aromatic carbocycles. The molecule has 1 saturated carbocycles. The number of carbonyl (C=O) groups is 1. The Morgan fingerprint density at radius 2 is 2.00 bits per heavy atom. The van der Waals surface area contributed by atoms with Crippen molar-refractivity contribution in [2.24, 2.45) is 5.92 Å². The largest absolute Gasteiger partial charge is 0.339 e. The number of aryl methyl sites for hydroxylation is 1. The third kappa shape index (κ3) is 2.11. The molecule has 2 aliphatic rings. The first-order valence-electron chi connectivity index (χ1n) is 6.08. The summed E-state index contributed by atoms with van der Waals surface area (Å²) in [7, 11) is 0. The molecule has 6 heteroatoms. The molecule has 2 heterocycles. The van der Waals surface area contributed by atoms with Gasteiger partial charge in [0.25, 0.3) is 5.95 Å². The van der Waals surface area contributed by atoms with E-state index in [1.165, 1.54) is 0 Å². The van der Waals surface area contributed by atoms with Gasteiger partial charge in [-0.15, -0.1) is 0 Å². The predicted octanol–water partition coefficient (Wildman–Crippen LogP) is 0.437. The minimum Gasteiger partial charge on any atom is -0.339 e. The van der Waals surface area contributed by atoms with Crippen molar-refractivity contribution in [1.29, 1.82) is 0 Å². The Balaban J connectivity index is 1.58. The second-order valence-electron chi connectivity index (χ2n) is 4.70. The number of rotatable bonds is 2. The van der Waals surface area contributed by atoms with E-state index in [1.54, 1.807) is 6.92 Å². The molecule has 0 atom stereocenters. The van der Waals surface area contributed by atoms with E-state index in [1.807, 2.05) is 4.90 Å². The van der Waals surface area contributed by atoms with Crippen LogP contribution in [0.3, 0.4) is 0 Å². The molecular formula is C11H16N4O2. The van der Waals surface area contributed by atoms with Crippen molar-refractivity contribution < 1.29 is 9.32 Å². The summed E-state index contributed by atoms with van der Waals surface area (Å²) in [5.41, 5.74) is 0. The van der Waals surface area contributed by atoms with Gasteiger partial charge in [0.05, 0.1) is 0 Å². The second kappa shape index (κ2) is 4.01. The van der Waals surface area contributed by atoms with Crippen LogP contribution in [0.15, 0.2) is 4.52 Å². The molecule has 1 aliphatic heterocycles. The highest BCUT2D eigenvalue weighted by Gasteiger charge is 2.34. The van der Waals surface area contributed by atoms with Crippen LogP contribution in [0.25, 0.3) is 0 Å². The number of carbonyl (C=O) groups excluding carboxylic acids is 1. The van der Waals surface area contributed by atoms with Crippen LogP contribution in [0, 0.1) is 12.8 Å². The van der Waals surface area contributed by atoms with Gasteiger partial charge in [0, 0.05) is 39.0 Å². The van der Waals surface area contributed by atoms with E-state index >= 15 is 0 Å². The number of nitrogens with zero attached hydrogens (tertiary/aromatic N) is 4. The minimum atomic E-state index is 0.314. The number of aromatic nitrogens is 2. The molecule has 0 unspecified atom stereocenters. The lowest BCUT2D eigenvalue weighted by Crippen LogP contribution is -2.49. The lowest BCUT2D eigenvalue weighted by Gasteiger charge is -2.34. The van der Waals surface area contributed by atoms with Gasteiger partial charge >= 0.3 is 0 Å². The summed E-state index contributed by atoms with van der Waals surface area (Å²) in [6.07, 6.45) is 2.15. The van der Waals surface area contributed by atoms with E-state index in [-0.39, 0.29) is 0 Å². The van der Waals surface area contributed by atoms with E-state index in [9.17, 15) is 4.79 Å². The van der Waals surface area contributed by atoms with Gasteiger partial charge in [-0.25, -0.2) is 0 Å². The van der Waals surface area contributed by atoms with Crippen molar-refractivity contribution in [2.75, 3.05) is 31.1 Å². The van der Waals surface area contributed by atoms with Crippen LogP contribution in [0.4, 0.5) is 5.95 Å². The number of anilines is 1. The molecule has 1 aromatic heterocycles. The van der Waals surface area contributed by atoms with Gasteiger partial charge in [0.15, 0.2) is 0 Å². The van der Waals surface area contributed by atoms with E-state index < -0.39 is 0 Å². The van der Waals surface area contributed by atoms with Crippen molar-refractivity contribution in [1.82, 2.24) is 15.0 Å². The highest BCUT2D eigenvalue weighted by molar-refractivity contribution is 5.81. The zero-order valence-corrected chi connectivity index (χ0v) is 9.93. The van der Waals surface area contributed by atoms with Gasteiger partial charge in [-0.1, -0.05) is 0 Å². The second-order valence-corrected chi connectivity index (χ2v) is 4.70. The molecule has 1 aromatic rings. The van der Waals surface area contributed by atoms with Gasteiger partial charge in [-0.2, -0.15) is 4.98 Å². The Morgan fingerprint density at radius 3 is 2.53 bits per heavy atom. The summed E-state index contributed by atoms with van der Waals surface area (Å²) >= 11 is 0. The molecule has 2 fully saturated rings. The first kappa shape index (κ1) is 10.6. The predicted molar refractivity (Wildman–Crippen MR) is 60.6 cm³/mol. The topological polar surface area (TPSA) is 62.5 Å². The first-order chi connectivity index (χ1) is 8.24. The molecule has 3 rings (SSSR count). The summed E-state index contributed by atoms with van der Waals surface area (Å²) in [6.45, 7) is 4.89. The van der Waals surface area contributed by atoms with Gasteiger partial charge in [-0.3, -0.25) is 4.79 Å². The van der Waals surface area contributed by atoms with Crippen LogP contribution in [0.2, 0.25) is 0 Å². The molecule has 92 valence electrons. The van der Waals surface area contributed by atoms with Gasteiger partial charge in [-0.05, 0) is 18.0 Å². The SMILES string of the molecule is Cc1nc(N2CCN(C(=O)C3CC3)CC2)no1. The first-order valence-corrected chi connectivity index (χ1v) is 6.08. The average Bonchev–Trinajstić information content (AvgIpc) is 3.11. The highest BCUT2D eigenvalue weighted by Crippen LogP contribution is 2.31. The summed E-state index contributed by atoms with van der Waals surface area (Å²) in [6, 6.07) is 0. The van der Waals surface area contributed by atoms with Crippen LogP contribution >= 0.6 is 0 Å². The summed E-state index contributed by atoms with van der Waals surface area (Å²) in [5.74, 6) is 1.86. The molecule has 0 N–H and O–H groups in total.